The summed E-state index contributed by atoms with van der Waals surface area (Å²) in [5, 5.41) is 2.92. The average molecular weight is 393 g/mol. The Balaban J connectivity index is 1.50. The predicted molar refractivity (Wildman–Crippen MR) is 114 cm³/mol. The van der Waals surface area contributed by atoms with E-state index in [2.05, 4.69) is 19.2 Å². The number of benzene rings is 2. The Kier molecular flexibility index (Phi) is 5.27. The summed E-state index contributed by atoms with van der Waals surface area (Å²) in [4.78, 5) is 28.8. The molecule has 2 amide bonds. The summed E-state index contributed by atoms with van der Waals surface area (Å²) in [6, 6.07) is 15.3. The molecule has 0 radical (unpaired) electrons. The number of carbonyl (C=O) groups is 2. The molecule has 2 aromatic carbocycles. The van der Waals surface area contributed by atoms with E-state index in [1.54, 1.807) is 0 Å². The summed E-state index contributed by atoms with van der Waals surface area (Å²) in [6.45, 7) is 6.06. The van der Waals surface area contributed by atoms with Crippen LogP contribution in [-0.2, 0) is 4.79 Å². The molecule has 0 spiro atoms. The van der Waals surface area contributed by atoms with Crippen molar-refractivity contribution in [1.29, 1.82) is 0 Å². The minimum atomic E-state index is -0.0971. The summed E-state index contributed by atoms with van der Waals surface area (Å²) in [7, 11) is 0. The lowest BCUT2D eigenvalue weighted by Gasteiger charge is -2.35. The van der Waals surface area contributed by atoms with Gasteiger partial charge in [-0.25, -0.2) is 0 Å². The van der Waals surface area contributed by atoms with Crippen LogP contribution in [0.25, 0.3) is 6.08 Å². The normalized spacial score (nSPS) is 23.3. The van der Waals surface area contributed by atoms with Crippen LogP contribution >= 0.6 is 11.8 Å². The van der Waals surface area contributed by atoms with Crippen molar-refractivity contribution in [1.82, 2.24) is 4.90 Å². The fourth-order valence-corrected chi connectivity index (χ4v) is 4.94. The quantitative estimate of drug-likeness (QED) is 0.740. The maximum atomic E-state index is 12.8. The first-order valence-corrected chi connectivity index (χ1v) is 10.5. The number of likely N-dealkylation sites (tertiary alicyclic amines) is 1. The highest BCUT2D eigenvalue weighted by Gasteiger charge is 2.26. The topological polar surface area (TPSA) is 49.4 Å². The monoisotopic (exact) mass is 392 g/mol. The number of fused-ring (bicyclic) bond motifs is 1. The fourth-order valence-electron chi connectivity index (χ4n) is 3.99. The van der Waals surface area contributed by atoms with Gasteiger partial charge in [-0.2, -0.15) is 0 Å². The zero-order chi connectivity index (χ0) is 19.7. The van der Waals surface area contributed by atoms with Gasteiger partial charge in [0.25, 0.3) is 11.8 Å². The number of hydrogen-bond donors (Lipinski definition) is 1. The first-order chi connectivity index (χ1) is 13.5. The van der Waals surface area contributed by atoms with Crippen LogP contribution in [0.1, 0.15) is 36.2 Å². The molecule has 2 unspecified atom stereocenters. The van der Waals surface area contributed by atoms with Gasteiger partial charge >= 0.3 is 0 Å². The second-order valence-corrected chi connectivity index (χ2v) is 8.92. The van der Waals surface area contributed by atoms with Gasteiger partial charge in [-0.3, -0.25) is 9.59 Å². The van der Waals surface area contributed by atoms with Crippen molar-refractivity contribution in [2.75, 3.05) is 18.4 Å². The lowest BCUT2D eigenvalue weighted by molar-refractivity contribution is -0.112. The molecule has 1 N–H and O–H groups in total. The summed E-state index contributed by atoms with van der Waals surface area (Å²) in [5.74, 6) is 1.08. The molecule has 0 saturated carbocycles. The molecule has 1 fully saturated rings. The molecule has 4 rings (SSSR count). The maximum absolute atomic E-state index is 12.8. The van der Waals surface area contributed by atoms with E-state index in [9.17, 15) is 9.59 Å². The van der Waals surface area contributed by atoms with E-state index in [0.29, 0.717) is 22.3 Å². The van der Waals surface area contributed by atoms with Gasteiger partial charge < -0.3 is 10.2 Å². The van der Waals surface area contributed by atoms with Crippen LogP contribution in [0.5, 0.6) is 0 Å². The molecule has 28 heavy (non-hydrogen) atoms. The molecule has 1 saturated heterocycles. The fraction of sp³-hybridized carbons (Fsp3) is 0.304. The van der Waals surface area contributed by atoms with Crippen LogP contribution in [0.15, 0.2) is 58.3 Å². The predicted octanol–water partition coefficient (Wildman–Crippen LogP) is 4.89. The van der Waals surface area contributed by atoms with Gasteiger partial charge in [0.05, 0.1) is 10.6 Å². The Morgan fingerprint density at radius 2 is 1.75 bits per heavy atom. The Morgan fingerprint density at radius 3 is 2.46 bits per heavy atom. The number of carbonyl (C=O) groups excluding carboxylic acids is 2. The molecule has 2 aromatic rings. The summed E-state index contributed by atoms with van der Waals surface area (Å²) >= 11 is 1.47. The van der Waals surface area contributed by atoms with Crippen LogP contribution in [0.3, 0.4) is 0 Å². The Hall–Kier alpha value is -2.53. The number of rotatable bonds is 2. The molecule has 0 bridgehead atoms. The number of piperidine rings is 1. The SMILES string of the molecule is CC1CC(C)CN(C(=O)c2ccc(/C=C3/Sc4ccccc4NC3=O)cc2)C1. The lowest BCUT2D eigenvalue weighted by Crippen LogP contribution is -2.42. The van der Waals surface area contributed by atoms with E-state index in [4.69, 9.17) is 0 Å². The highest BCUT2D eigenvalue weighted by atomic mass is 32.2. The van der Waals surface area contributed by atoms with Crippen LogP contribution in [0.2, 0.25) is 0 Å². The van der Waals surface area contributed by atoms with Crippen molar-refractivity contribution in [2.45, 2.75) is 25.2 Å². The second kappa shape index (κ2) is 7.84. The molecular weight excluding hydrogens is 368 g/mol. The standard InChI is InChI=1S/C23H24N2O2S/c1-15-11-16(2)14-25(13-15)23(27)18-9-7-17(8-10-18)12-21-22(26)24-19-5-3-4-6-20(19)28-21/h3-10,12,15-16H,11,13-14H2,1-2H3,(H,24,26)/b21-12+. The van der Waals surface area contributed by atoms with Crippen molar-refractivity contribution < 1.29 is 9.59 Å². The van der Waals surface area contributed by atoms with Gasteiger partial charge in [-0.05, 0) is 54.2 Å². The second-order valence-electron chi connectivity index (χ2n) is 7.84. The van der Waals surface area contributed by atoms with Crippen LogP contribution in [-0.4, -0.2) is 29.8 Å². The first kappa shape index (κ1) is 18.8. The molecule has 2 atom stereocenters. The van der Waals surface area contributed by atoms with Gasteiger partial charge in [0, 0.05) is 23.5 Å². The Labute approximate surface area is 170 Å². The lowest BCUT2D eigenvalue weighted by atomic mass is 9.91. The number of nitrogens with zero attached hydrogens (tertiary/aromatic N) is 1. The molecule has 2 aliphatic rings. The van der Waals surface area contributed by atoms with E-state index < -0.39 is 0 Å². The number of amides is 2. The first-order valence-electron chi connectivity index (χ1n) is 9.69. The van der Waals surface area contributed by atoms with Gasteiger partial charge in [-0.1, -0.05) is 49.9 Å². The van der Waals surface area contributed by atoms with E-state index in [1.807, 2.05) is 59.5 Å². The Morgan fingerprint density at radius 1 is 1.07 bits per heavy atom. The van der Waals surface area contributed by atoms with Gasteiger partial charge in [0.2, 0.25) is 0 Å². The summed E-state index contributed by atoms with van der Waals surface area (Å²) < 4.78 is 0. The van der Waals surface area contributed by atoms with Gasteiger partial charge in [-0.15, -0.1) is 0 Å². The number of anilines is 1. The minimum absolute atomic E-state index is 0.0938. The highest BCUT2D eigenvalue weighted by Crippen LogP contribution is 2.38. The number of thioether (sulfide) groups is 1. The number of hydrogen-bond acceptors (Lipinski definition) is 3. The molecule has 144 valence electrons. The highest BCUT2D eigenvalue weighted by molar-refractivity contribution is 8.04. The van der Waals surface area contributed by atoms with E-state index in [-0.39, 0.29) is 11.8 Å². The van der Waals surface area contributed by atoms with Gasteiger partial charge in [0.15, 0.2) is 0 Å². The van der Waals surface area contributed by atoms with Crippen molar-refractivity contribution in [3.8, 4) is 0 Å². The van der Waals surface area contributed by atoms with Crippen molar-refractivity contribution in [3.63, 3.8) is 0 Å². The third-order valence-corrected chi connectivity index (χ3v) is 6.29. The number of para-hydroxylation sites is 1. The van der Waals surface area contributed by atoms with Crippen LogP contribution < -0.4 is 5.32 Å². The van der Waals surface area contributed by atoms with Crippen molar-refractivity contribution in [3.05, 3.63) is 64.6 Å². The van der Waals surface area contributed by atoms with E-state index in [1.165, 1.54) is 18.2 Å². The third kappa shape index (κ3) is 3.99. The largest absolute Gasteiger partial charge is 0.338 e. The van der Waals surface area contributed by atoms with Gasteiger partial charge in [0.1, 0.15) is 0 Å². The molecule has 0 aliphatic carbocycles. The maximum Gasteiger partial charge on any atom is 0.262 e. The smallest absolute Gasteiger partial charge is 0.262 e. The van der Waals surface area contributed by atoms with Crippen molar-refractivity contribution >= 4 is 35.3 Å². The minimum Gasteiger partial charge on any atom is -0.338 e. The molecule has 4 nitrogen and oxygen atoms in total. The zero-order valence-corrected chi connectivity index (χ0v) is 17.0. The zero-order valence-electron chi connectivity index (χ0n) is 16.1. The molecule has 5 heteroatoms. The molecule has 2 aliphatic heterocycles. The van der Waals surface area contributed by atoms with E-state index in [0.717, 1.165) is 29.2 Å². The van der Waals surface area contributed by atoms with E-state index >= 15 is 0 Å². The Bertz CT molecular complexity index is 926. The summed E-state index contributed by atoms with van der Waals surface area (Å²) in [6.07, 6.45) is 3.05. The van der Waals surface area contributed by atoms with Crippen LogP contribution in [0, 0.1) is 11.8 Å². The summed E-state index contributed by atoms with van der Waals surface area (Å²) in [5.41, 5.74) is 2.46. The van der Waals surface area contributed by atoms with Crippen LogP contribution in [0.4, 0.5) is 5.69 Å². The van der Waals surface area contributed by atoms with Crippen molar-refractivity contribution in [2.24, 2.45) is 11.8 Å². The average Bonchev–Trinajstić information content (AvgIpc) is 2.68. The molecular formula is C23H24N2O2S. The molecule has 0 aromatic heterocycles. The third-order valence-electron chi connectivity index (χ3n) is 5.19. The molecule has 2 heterocycles. The number of nitrogens with one attached hydrogen (secondary N) is 1.